The van der Waals surface area contributed by atoms with Crippen LogP contribution in [0, 0.1) is 0 Å². The molecule has 0 aliphatic carbocycles. The van der Waals surface area contributed by atoms with Crippen molar-refractivity contribution in [2.45, 2.75) is 32.6 Å². The van der Waals surface area contributed by atoms with Crippen LogP contribution in [0.1, 0.15) is 52.5 Å². The number of carbonyl (C=O) groups excluding carboxylic acids is 2. The molecular weight excluding hydrogens is 310 g/mol. The summed E-state index contributed by atoms with van der Waals surface area (Å²) in [6, 6.07) is 12.5. The Hall–Kier alpha value is -2.13. The molecule has 118 valence electrons. The summed E-state index contributed by atoms with van der Waals surface area (Å²) in [6.45, 7) is 2.15. The maximum absolute atomic E-state index is 12.7. The molecule has 23 heavy (non-hydrogen) atoms. The van der Waals surface area contributed by atoms with Crippen molar-refractivity contribution in [1.29, 1.82) is 0 Å². The van der Waals surface area contributed by atoms with E-state index in [4.69, 9.17) is 11.6 Å². The van der Waals surface area contributed by atoms with Gasteiger partial charge in [0, 0.05) is 5.02 Å². The van der Waals surface area contributed by atoms with E-state index in [0.29, 0.717) is 21.8 Å². The first kappa shape index (κ1) is 15.8. The van der Waals surface area contributed by atoms with Crippen LogP contribution in [-0.2, 0) is 6.42 Å². The molecule has 0 unspecified atom stereocenters. The number of unbranched alkanes of at least 4 members (excludes halogenated alkanes) is 2. The lowest BCUT2D eigenvalue weighted by Gasteiger charge is -2.18. The molecule has 0 atom stereocenters. The van der Waals surface area contributed by atoms with E-state index in [1.807, 2.05) is 24.3 Å². The lowest BCUT2D eigenvalue weighted by Crippen LogP contribution is -2.30. The smallest absolute Gasteiger partial charge is 0.266 e. The van der Waals surface area contributed by atoms with Crippen molar-refractivity contribution >= 4 is 29.1 Å². The number of amides is 2. The zero-order valence-electron chi connectivity index (χ0n) is 13.0. The van der Waals surface area contributed by atoms with E-state index >= 15 is 0 Å². The molecule has 0 fully saturated rings. The van der Waals surface area contributed by atoms with Gasteiger partial charge in [-0.25, -0.2) is 4.90 Å². The Morgan fingerprint density at radius 1 is 0.957 bits per heavy atom. The Kier molecular flexibility index (Phi) is 4.49. The normalized spacial score (nSPS) is 13.6. The third-order valence-electron chi connectivity index (χ3n) is 4.13. The molecule has 0 spiro atoms. The van der Waals surface area contributed by atoms with Gasteiger partial charge in [0.25, 0.3) is 11.8 Å². The van der Waals surface area contributed by atoms with E-state index in [1.165, 1.54) is 4.90 Å². The summed E-state index contributed by atoms with van der Waals surface area (Å²) >= 11 is 5.96. The number of fused-ring (bicyclic) bond motifs is 1. The Bertz CT molecular complexity index is 770. The number of para-hydroxylation sites is 1. The fourth-order valence-corrected chi connectivity index (χ4v) is 3.11. The van der Waals surface area contributed by atoms with Gasteiger partial charge in [-0.1, -0.05) is 49.6 Å². The van der Waals surface area contributed by atoms with Crippen LogP contribution in [0.2, 0.25) is 5.02 Å². The molecule has 3 nitrogen and oxygen atoms in total. The Morgan fingerprint density at radius 2 is 1.70 bits per heavy atom. The van der Waals surface area contributed by atoms with E-state index in [-0.39, 0.29) is 11.8 Å². The summed E-state index contributed by atoms with van der Waals surface area (Å²) in [5, 5.41) is 0.461. The molecule has 2 aromatic carbocycles. The van der Waals surface area contributed by atoms with Gasteiger partial charge in [0.1, 0.15) is 0 Å². The molecule has 0 aromatic heterocycles. The average molecular weight is 328 g/mol. The number of rotatable bonds is 5. The molecule has 1 aliphatic rings. The van der Waals surface area contributed by atoms with Crippen LogP contribution in [0.4, 0.5) is 5.69 Å². The molecule has 2 aromatic rings. The highest BCUT2D eigenvalue weighted by molar-refractivity contribution is 6.36. The third kappa shape index (κ3) is 2.89. The van der Waals surface area contributed by atoms with Crippen molar-refractivity contribution < 1.29 is 9.59 Å². The van der Waals surface area contributed by atoms with Crippen molar-refractivity contribution in [2.24, 2.45) is 0 Å². The number of anilines is 1. The number of nitrogens with zero attached hydrogens (tertiary/aromatic N) is 1. The van der Waals surface area contributed by atoms with Crippen LogP contribution < -0.4 is 4.90 Å². The van der Waals surface area contributed by atoms with Gasteiger partial charge in [-0.05, 0) is 42.7 Å². The minimum atomic E-state index is -0.296. The number of carbonyl (C=O) groups is 2. The number of benzene rings is 2. The van der Waals surface area contributed by atoms with Gasteiger partial charge in [0.2, 0.25) is 0 Å². The second-order valence-electron chi connectivity index (χ2n) is 5.72. The number of hydrogen-bond donors (Lipinski definition) is 0. The van der Waals surface area contributed by atoms with E-state index in [2.05, 4.69) is 6.92 Å². The predicted octanol–water partition coefficient (Wildman–Crippen LogP) is 4.87. The first-order valence-electron chi connectivity index (χ1n) is 7.89. The zero-order chi connectivity index (χ0) is 16.4. The zero-order valence-corrected chi connectivity index (χ0v) is 13.8. The fraction of sp³-hybridized carbons (Fsp3) is 0.263. The highest BCUT2D eigenvalue weighted by Gasteiger charge is 2.37. The van der Waals surface area contributed by atoms with Gasteiger partial charge >= 0.3 is 0 Å². The van der Waals surface area contributed by atoms with Crippen LogP contribution in [0.15, 0.2) is 42.5 Å². The van der Waals surface area contributed by atoms with E-state index in [1.54, 1.807) is 18.2 Å². The number of imide groups is 1. The summed E-state index contributed by atoms with van der Waals surface area (Å²) in [5.41, 5.74) is 2.51. The molecule has 0 radical (unpaired) electrons. The first-order valence-corrected chi connectivity index (χ1v) is 8.27. The molecule has 0 saturated carbocycles. The quantitative estimate of drug-likeness (QED) is 0.580. The van der Waals surface area contributed by atoms with Crippen LogP contribution in [0.3, 0.4) is 0 Å². The summed E-state index contributed by atoms with van der Waals surface area (Å²) in [6.07, 6.45) is 4.17. The van der Waals surface area contributed by atoms with Crippen LogP contribution >= 0.6 is 11.6 Å². The second-order valence-corrected chi connectivity index (χ2v) is 6.16. The van der Waals surface area contributed by atoms with E-state index < -0.39 is 0 Å². The molecule has 1 heterocycles. The van der Waals surface area contributed by atoms with Crippen molar-refractivity contribution in [2.75, 3.05) is 4.90 Å². The first-order chi connectivity index (χ1) is 11.1. The molecular formula is C19H18ClNO2. The maximum Gasteiger partial charge on any atom is 0.266 e. The molecule has 4 heteroatoms. The number of halogens is 1. The summed E-state index contributed by atoms with van der Waals surface area (Å²) in [7, 11) is 0. The van der Waals surface area contributed by atoms with Crippen molar-refractivity contribution in [3.8, 4) is 0 Å². The molecule has 2 amide bonds. The maximum atomic E-state index is 12.7. The summed E-state index contributed by atoms with van der Waals surface area (Å²) < 4.78 is 0. The third-order valence-corrected chi connectivity index (χ3v) is 4.37. The number of aryl methyl sites for hydroxylation is 1. The Balaban J connectivity index is 1.97. The molecule has 1 aliphatic heterocycles. The predicted molar refractivity (Wildman–Crippen MR) is 92.3 cm³/mol. The second kappa shape index (κ2) is 6.55. The molecule has 3 rings (SSSR count). The molecule has 0 N–H and O–H groups in total. The fourth-order valence-electron chi connectivity index (χ4n) is 2.94. The van der Waals surface area contributed by atoms with Gasteiger partial charge in [-0.3, -0.25) is 9.59 Å². The highest BCUT2D eigenvalue weighted by Crippen LogP contribution is 2.32. The minimum absolute atomic E-state index is 0.274. The summed E-state index contributed by atoms with van der Waals surface area (Å²) in [4.78, 5) is 26.6. The van der Waals surface area contributed by atoms with Crippen molar-refractivity contribution in [1.82, 2.24) is 0 Å². The van der Waals surface area contributed by atoms with Gasteiger partial charge in [-0.2, -0.15) is 0 Å². The van der Waals surface area contributed by atoms with Crippen LogP contribution in [-0.4, -0.2) is 11.8 Å². The Morgan fingerprint density at radius 3 is 2.48 bits per heavy atom. The number of hydrogen-bond acceptors (Lipinski definition) is 2. The lowest BCUT2D eigenvalue weighted by molar-refractivity contribution is 0.0926. The van der Waals surface area contributed by atoms with Gasteiger partial charge in [0.05, 0.1) is 16.8 Å². The molecule has 0 bridgehead atoms. The van der Waals surface area contributed by atoms with Gasteiger partial charge < -0.3 is 0 Å². The average Bonchev–Trinajstić information content (AvgIpc) is 2.79. The molecule has 0 saturated heterocycles. The Labute approximate surface area is 140 Å². The standard InChI is InChI=1S/C19H18ClNO2/c1-2-3-4-7-13-8-5-6-9-17(13)21-18(22)15-11-10-14(20)12-16(15)19(21)23/h5-6,8-12H,2-4,7H2,1H3. The van der Waals surface area contributed by atoms with E-state index in [9.17, 15) is 9.59 Å². The van der Waals surface area contributed by atoms with Crippen molar-refractivity contribution in [3.05, 3.63) is 64.2 Å². The van der Waals surface area contributed by atoms with Gasteiger partial charge in [-0.15, -0.1) is 0 Å². The van der Waals surface area contributed by atoms with Gasteiger partial charge in [0.15, 0.2) is 0 Å². The highest BCUT2D eigenvalue weighted by atomic mass is 35.5. The lowest BCUT2D eigenvalue weighted by atomic mass is 10.0. The topological polar surface area (TPSA) is 37.4 Å². The largest absolute Gasteiger partial charge is 0.268 e. The van der Waals surface area contributed by atoms with Crippen molar-refractivity contribution in [3.63, 3.8) is 0 Å². The minimum Gasteiger partial charge on any atom is -0.268 e. The van der Waals surface area contributed by atoms with Crippen LogP contribution in [0.25, 0.3) is 0 Å². The van der Waals surface area contributed by atoms with E-state index in [0.717, 1.165) is 31.2 Å². The van der Waals surface area contributed by atoms with Crippen LogP contribution in [0.5, 0.6) is 0 Å². The summed E-state index contributed by atoms with van der Waals surface area (Å²) in [5.74, 6) is -0.569. The monoisotopic (exact) mass is 327 g/mol. The SMILES string of the molecule is CCCCCc1ccccc1N1C(=O)c2ccc(Cl)cc2C1=O.